The molecule has 1 aliphatic rings. The summed E-state index contributed by atoms with van der Waals surface area (Å²) in [4.78, 5) is 14.3. The molecule has 1 amide bonds. The van der Waals surface area contributed by atoms with Gasteiger partial charge < -0.3 is 16.0 Å². The van der Waals surface area contributed by atoms with Crippen molar-refractivity contribution < 1.29 is 4.79 Å². The molecule has 1 fully saturated rings. The van der Waals surface area contributed by atoms with Crippen LogP contribution in [-0.2, 0) is 11.2 Å². The van der Waals surface area contributed by atoms with Gasteiger partial charge in [0.2, 0.25) is 5.91 Å². The van der Waals surface area contributed by atoms with E-state index in [0.717, 1.165) is 18.7 Å². The molecule has 0 bridgehead atoms. The van der Waals surface area contributed by atoms with Gasteiger partial charge in [-0.2, -0.15) is 0 Å². The Hall–Kier alpha value is -1.39. The van der Waals surface area contributed by atoms with E-state index in [-0.39, 0.29) is 11.8 Å². The van der Waals surface area contributed by atoms with Crippen molar-refractivity contribution in [1.29, 1.82) is 0 Å². The first-order chi connectivity index (χ1) is 10.2. The first kappa shape index (κ1) is 16.0. The largest absolute Gasteiger partial charge is 0.330 e. The van der Waals surface area contributed by atoms with Crippen LogP contribution in [-0.4, -0.2) is 37.0 Å². The summed E-state index contributed by atoms with van der Waals surface area (Å²) in [6.07, 6.45) is 5.13. The predicted molar refractivity (Wildman–Crippen MR) is 87.3 cm³/mol. The molecule has 1 aromatic carbocycles. The molecule has 1 heterocycles. The number of benzene rings is 1. The number of nitrogens with one attached hydrogen (secondary N) is 1. The Bertz CT molecular complexity index is 438. The first-order valence-corrected chi connectivity index (χ1v) is 8.01. The van der Waals surface area contributed by atoms with Gasteiger partial charge in [-0.05, 0) is 50.0 Å². The van der Waals surface area contributed by atoms with E-state index in [1.165, 1.54) is 37.9 Å². The van der Waals surface area contributed by atoms with Gasteiger partial charge in [0.05, 0.1) is 0 Å². The zero-order valence-electron chi connectivity index (χ0n) is 13.0. The van der Waals surface area contributed by atoms with Gasteiger partial charge in [-0.15, -0.1) is 0 Å². The highest BCUT2D eigenvalue weighted by molar-refractivity contribution is 5.92. The molecule has 1 aromatic rings. The standard InChI is InChI=1S/C17H27N3O/c1-14(13-18)17(21)19-16-7-5-15(6-8-16)9-12-20-10-3-2-4-11-20/h5-8,14H,2-4,9-13,18H2,1H3,(H,19,21). The number of anilines is 1. The Morgan fingerprint density at radius 3 is 2.52 bits per heavy atom. The molecule has 1 saturated heterocycles. The van der Waals surface area contributed by atoms with Crippen molar-refractivity contribution >= 4 is 11.6 Å². The maximum atomic E-state index is 11.8. The van der Waals surface area contributed by atoms with Crippen molar-refractivity contribution in [3.63, 3.8) is 0 Å². The summed E-state index contributed by atoms with van der Waals surface area (Å²) in [6, 6.07) is 8.17. The number of nitrogens with zero attached hydrogens (tertiary/aromatic N) is 1. The van der Waals surface area contributed by atoms with E-state index in [1.807, 2.05) is 19.1 Å². The van der Waals surface area contributed by atoms with Crippen LogP contribution in [0.1, 0.15) is 31.7 Å². The minimum absolute atomic E-state index is 0.0152. The molecule has 0 aliphatic carbocycles. The Kier molecular flexibility index (Phi) is 6.21. The fraction of sp³-hybridized carbons (Fsp3) is 0.588. The molecule has 3 N–H and O–H groups in total. The maximum absolute atomic E-state index is 11.8. The minimum Gasteiger partial charge on any atom is -0.330 e. The van der Waals surface area contributed by atoms with Gasteiger partial charge in [-0.25, -0.2) is 0 Å². The van der Waals surface area contributed by atoms with E-state index in [2.05, 4.69) is 22.3 Å². The zero-order valence-corrected chi connectivity index (χ0v) is 13.0. The maximum Gasteiger partial charge on any atom is 0.228 e. The van der Waals surface area contributed by atoms with Crippen molar-refractivity contribution in [3.8, 4) is 0 Å². The second kappa shape index (κ2) is 8.15. The van der Waals surface area contributed by atoms with Crippen LogP contribution in [0.25, 0.3) is 0 Å². The van der Waals surface area contributed by atoms with Gasteiger partial charge in [0.25, 0.3) is 0 Å². The summed E-state index contributed by atoms with van der Waals surface area (Å²) in [5.74, 6) is -0.164. The summed E-state index contributed by atoms with van der Waals surface area (Å²) >= 11 is 0. The molecule has 0 radical (unpaired) electrons. The highest BCUT2D eigenvalue weighted by Crippen LogP contribution is 2.13. The Balaban J connectivity index is 1.79. The minimum atomic E-state index is -0.149. The van der Waals surface area contributed by atoms with Crippen LogP contribution in [0.5, 0.6) is 0 Å². The molecular formula is C17H27N3O. The number of nitrogens with two attached hydrogens (primary N) is 1. The summed E-state index contributed by atoms with van der Waals surface area (Å²) in [5, 5.41) is 2.90. The fourth-order valence-electron chi connectivity index (χ4n) is 2.60. The zero-order chi connectivity index (χ0) is 15.1. The average molecular weight is 289 g/mol. The number of hydrogen-bond donors (Lipinski definition) is 2. The van der Waals surface area contributed by atoms with E-state index in [4.69, 9.17) is 5.73 Å². The van der Waals surface area contributed by atoms with Crippen molar-refractivity contribution in [1.82, 2.24) is 4.90 Å². The number of rotatable bonds is 6. The molecular weight excluding hydrogens is 262 g/mol. The smallest absolute Gasteiger partial charge is 0.228 e. The molecule has 0 saturated carbocycles. The average Bonchev–Trinajstić information content (AvgIpc) is 2.54. The third-order valence-corrected chi connectivity index (χ3v) is 4.19. The number of carbonyl (C=O) groups is 1. The van der Waals surface area contributed by atoms with Crippen LogP contribution < -0.4 is 11.1 Å². The fourth-order valence-corrected chi connectivity index (χ4v) is 2.60. The molecule has 4 nitrogen and oxygen atoms in total. The van der Waals surface area contributed by atoms with E-state index in [9.17, 15) is 4.79 Å². The lowest BCUT2D eigenvalue weighted by molar-refractivity contribution is -0.119. The Morgan fingerprint density at radius 2 is 1.90 bits per heavy atom. The lowest BCUT2D eigenvalue weighted by atomic mass is 10.1. The van der Waals surface area contributed by atoms with Gasteiger partial charge in [-0.1, -0.05) is 25.5 Å². The number of hydrogen-bond acceptors (Lipinski definition) is 3. The number of carbonyl (C=O) groups excluding carboxylic acids is 1. The van der Waals surface area contributed by atoms with Crippen LogP contribution in [0.4, 0.5) is 5.69 Å². The molecule has 2 rings (SSSR count). The number of piperidine rings is 1. The SMILES string of the molecule is CC(CN)C(=O)Nc1ccc(CCN2CCCCC2)cc1. The molecule has 4 heteroatoms. The second-order valence-electron chi connectivity index (χ2n) is 5.98. The summed E-state index contributed by atoms with van der Waals surface area (Å²) in [6.45, 7) is 5.83. The van der Waals surface area contributed by atoms with E-state index < -0.39 is 0 Å². The summed E-state index contributed by atoms with van der Waals surface area (Å²) in [7, 11) is 0. The van der Waals surface area contributed by atoms with Crippen LogP contribution >= 0.6 is 0 Å². The lowest BCUT2D eigenvalue weighted by Crippen LogP contribution is -2.31. The topological polar surface area (TPSA) is 58.4 Å². The van der Waals surface area contributed by atoms with E-state index in [0.29, 0.717) is 6.54 Å². The van der Waals surface area contributed by atoms with Gasteiger partial charge >= 0.3 is 0 Å². The molecule has 1 atom stereocenters. The monoisotopic (exact) mass is 289 g/mol. The Labute approximate surface area is 127 Å². The van der Waals surface area contributed by atoms with Gasteiger partial charge in [0, 0.05) is 24.7 Å². The van der Waals surface area contributed by atoms with Crippen LogP contribution in [0.3, 0.4) is 0 Å². The molecule has 0 spiro atoms. The summed E-state index contributed by atoms with van der Waals surface area (Å²) in [5.41, 5.74) is 7.67. The molecule has 21 heavy (non-hydrogen) atoms. The number of likely N-dealkylation sites (tertiary alicyclic amines) is 1. The van der Waals surface area contributed by atoms with E-state index in [1.54, 1.807) is 0 Å². The molecule has 0 aromatic heterocycles. The van der Waals surface area contributed by atoms with Crippen LogP contribution in [0.15, 0.2) is 24.3 Å². The molecule has 1 unspecified atom stereocenters. The Morgan fingerprint density at radius 1 is 1.24 bits per heavy atom. The van der Waals surface area contributed by atoms with Gasteiger partial charge in [0.1, 0.15) is 0 Å². The third kappa shape index (κ3) is 5.14. The van der Waals surface area contributed by atoms with Crippen molar-refractivity contribution in [2.24, 2.45) is 11.7 Å². The highest BCUT2D eigenvalue weighted by atomic mass is 16.1. The first-order valence-electron chi connectivity index (χ1n) is 8.01. The summed E-state index contributed by atoms with van der Waals surface area (Å²) < 4.78 is 0. The van der Waals surface area contributed by atoms with Gasteiger partial charge in [0.15, 0.2) is 0 Å². The second-order valence-corrected chi connectivity index (χ2v) is 5.98. The van der Waals surface area contributed by atoms with Crippen molar-refractivity contribution in [2.45, 2.75) is 32.6 Å². The third-order valence-electron chi connectivity index (χ3n) is 4.19. The normalized spacial score (nSPS) is 17.4. The predicted octanol–water partition coefficient (Wildman–Crippen LogP) is 2.25. The van der Waals surface area contributed by atoms with Crippen LogP contribution in [0.2, 0.25) is 0 Å². The lowest BCUT2D eigenvalue weighted by Gasteiger charge is -2.26. The van der Waals surface area contributed by atoms with Gasteiger partial charge in [-0.3, -0.25) is 4.79 Å². The van der Waals surface area contributed by atoms with Crippen molar-refractivity contribution in [3.05, 3.63) is 29.8 Å². The van der Waals surface area contributed by atoms with E-state index >= 15 is 0 Å². The highest BCUT2D eigenvalue weighted by Gasteiger charge is 2.11. The molecule has 116 valence electrons. The molecule has 1 aliphatic heterocycles. The quantitative estimate of drug-likeness (QED) is 0.844. The van der Waals surface area contributed by atoms with Crippen molar-refractivity contribution in [2.75, 3.05) is 31.5 Å². The number of amides is 1. The van der Waals surface area contributed by atoms with Crippen LogP contribution in [0, 0.1) is 5.92 Å².